The maximum atomic E-state index is 11.8. The molecule has 1 amide bonds. The lowest BCUT2D eigenvalue weighted by Crippen LogP contribution is -2.27. The third kappa shape index (κ3) is 1.93. The van der Waals surface area contributed by atoms with Gasteiger partial charge in [0.05, 0.1) is 0 Å². The second kappa shape index (κ2) is 4.44. The molecular weight excluding hydrogens is 226 g/mol. The summed E-state index contributed by atoms with van der Waals surface area (Å²) in [5.41, 5.74) is 1.99. The largest absolute Gasteiger partial charge is 0.396 e. The van der Waals surface area contributed by atoms with Crippen molar-refractivity contribution >= 4 is 23.2 Å². The molecule has 2 atom stereocenters. The van der Waals surface area contributed by atoms with Gasteiger partial charge in [-0.25, -0.2) is 0 Å². The van der Waals surface area contributed by atoms with E-state index < -0.39 is 5.38 Å². The fourth-order valence-corrected chi connectivity index (χ4v) is 2.15. The Hall–Kier alpha value is -1.06. The van der Waals surface area contributed by atoms with Crippen LogP contribution in [0, 0.1) is 12.8 Å². The van der Waals surface area contributed by atoms with Crippen LogP contribution in [0.4, 0.5) is 5.69 Å². The lowest BCUT2D eigenvalue weighted by molar-refractivity contribution is -0.117. The molecule has 1 fully saturated rings. The molecule has 0 aliphatic carbocycles. The minimum Gasteiger partial charge on any atom is -0.396 e. The fourth-order valence-electron chi connectivity index (χ4n) is 1.88. The number of rotatable bonds is 2. The van der Waals surface area contributed by atoms with Gasteiger partial charge < -0.3 is 10.0 Å². The summed E-state index contributed by atoms with van der Waals surface area (Å²) in [5, 5.41) is 8.49. The van der Waals surface area contributed by atoms with Gasteiger partial charge in [0.1, 0.15) is 5.38 Å². The molecule has 86 valence electrons. The van der Waals surface area contributed by atoms with Gasteiger partial charge in [-0.3, -0.25) is 4.79 Å². The van der Waals surface area contributed by atoms with E-state index in [-0.39, 0.29) is 18.4 Å². The number of hydrogen-bond acceptors (Lipinski definition) is 2. The van der Waals surface area contributed by atoms with Gasteiger partial charge >= 0.3 is 0 Å². The standard InChI is InChI=1S/C12H14ClNO2/c1-8-2-4-10(5-3-8)14-6-9(7-15)11(13)12(14)16/h2-5,9,11,15H,6-7H2,1H3/t9-,11-/m1/s1. The van der Waals surface area contributed by atoms with Crippen LogP contribution in [0.2, 0.25) is 0 Å². The van der Waals surface area contributed by atoms with Crippen molar-refractivity contribution in [2.75, 3.05) is 18.1 Å². The number of aliphatic hydroxyl groups excluding tert-OH is 1. The second-order valence-electron chi connectivity index (χ2n) is 4.13. The van der Waals surface area contributed by atoms with Crippen LogP contribution in [-0.2, 0) is 4.79 Å². The summed E-state index contributed by atoms with van der Waals surface area (Å²) in [6, 6.07) is 7.71. The van der Waals surface area contributed by atoms with Crippen LogP contribution in [0.3, 0.4) is 0 Å². The summed E-state index contributed by atoms with van der Waals surface area (Å²) >= 11 is 5.95. The molecule has 1 N–H and O–H groups in total. The number of carbonyl (C=O) groups excluding carboxylic acids is 1. The van der Waals surface area contributed by atoms with Crippen LogP contribution in [0.25, 0.3) is 0 Å². The zero-order valence-corrected chi connectivity index (χ0v) is 9.81. The van der Waals surface area contributed by atoms with Gasteiger partial charge in [0, 0.05) is 24.8 Å². The van der Waals surface area contributed by atoms with Gasteiger partial charge in [-0.15, -0.1) is 11.6 Å². The maximum absolute atomic E-state index is 11.8. The predicted octanol–water partition coefficient (Wildman–Crippen LogP) is 1.56. The van der Waals surface area contributed by atoms with E-state index >= 15 is 0 Å². The molecule has 2 rings (SSSR count). The van der Waals surface area contributed by atoms with Gasteiger partial charge in [0.25, 0.3) is 0 Å². The number of aryl methyl sites for hydroxylation is 1. The molecule has 0 spiro atoms. The molecule has 0 aromatic heterocycles. The van der Waals surface area contributed by atoms with Crippen LogP contribution in [-0.4, -0.2) is 29.5 Å². The number of nitrogens with zero attached hydrogens (tertiary/aromatic N) is 1. The predicted molar refractivity (Wildman–Crippen MR) is 63.7 cm³/mol. The van der Waals surface area contributed by atoms with Gasteiger partial charge in [-0.05, 0) is 19.1 Å². The van der Waals surface area contributed by atoms with Crippen molar-refractivity contribution in [3.8, 4) is 0 Å². The van der Waals surface area contributed by atoms with E-state index in [2.05, 4.69) is 0 Å². The Labute approximate surface area is 99.6 Å². The van der Waals surface area contributed by atoms with Gasteiger partial charge in [-0.2, -0.15) is 0 Å². The van der Waals surface area contributed by atoms with E-state index in [0.29, 0.717) is 6.54 Å². The molecule has 1 aromatic rings. The Morgan fingerprint density at radius 1 is 1.44 bits per heavy atom. The normalized spacial score (nSPS) is 25.2. The minimum atomic E-state index is -0.605. The number of benzene rings is 1. The van der Waals surface area contributed by atoms with Crippen molar-refractivity contribution in [1.82, 2.24) is 0 Å². The van der Waals surface area contributed by atoms with E-state index in [1.807, 2.05) is 31.2 Å². The highest BCUT2D eigenvalue weighted by atomic mass is 35.5. The topological polar surface area (TPSA) is 40.5 Å². The highest BCUT2D eigenvalue weighted by molar-refractivity contribution is 6.34. The number of anilines is 1. The van der Waals surface area contributed by atoms with Crippen molar-refractivity contribution < 1.29 is 9.90 Å². The van der Waals surface area contributed by atoms with Crippen LogP contribution in [0.15, 0.2) is 24.3 Å². The molecule has 0 bridgehead atoms. The minimum absolute atomic E-state index is 0.0533. The molecule has 4 heteroatoms. The molecule has 3 nitrogen and oxygen atoms in total. The van der Waals surface area contributed by atoms with Crippen molar-refractivity contribution in [3.05, 3.63) is 29.8 Å². The van der Waals surface area contributed by atoms with E-state index in [9.17, 15) is 4.79 Å². The third-order valence-corrected chi connectivity index (χ3v) is 3.46. The summed E-state index contributed by atoms with van der Waals surface area (Å²) < 4.78 is 0. The molecular formula is C12H14ClNO2. The molecule has 1 saturated heterocycles. The van der Waals surface area contributed by atoms with Crippen molar-refractivity contribution in [2.45, 2.75) is 12.3 Å². The summed E-state index contributed by atoms with van der Waals surface area (Å²) in [7, 11) is 0. The average Bonchev–Trinajstić information content (AvgIpc) is 2.57. The molecule has 0 radical (unpaired) electrons. The lowest BCUT2D eigenvalue weighted by Gasteiger charge is -2.16. The van der Waals surface area contributed by atoms with Crippen LogP contribution in [0.5, 0.6) is 0 Å². The Balaban J connectivity index is 2.23. The highest BCUT2D eigenvalue weighted by Gasteiger charge is 2.39. The van der Waals surface area contributed by atoms with Crippen molar-refractivity contribution in [3.63, 3.8) is 0 Å². The molecule has 16 heavy (non-hydrogen) atoms. The number of aliphatic hydroxyl groups is 1. The molecule has 0 saturated carbocycles. The Bertz CT molecular complexity index is 391. The van der Waals surface area contributed by atoms with E-state index in [1.165, 1.54) is 0 Å². The van der Waals surface area contributed by atoms with E-state index in [0.717, 1.165) is 11.3 Å². The summed E-state index contributed by atoms with van der Waals surface area (Å²) in [5.74, 6) is -0.292. The number of alkyl halides is 1. The Kier molecular flexibility index (Phi) is 3.17. The Morgan fingerprint density at radius 2 is 2.06 bits per heavy atom. The molecule has 1 aromatic carbocycles. The quantitative estimate of drug-likeness (QED) is 0.796. The lowest BCUT2D eigenvalue weighted by atomic mass is 10.1. The monoisotopic (exact) mass is 239 g/mol. The molecule has 1 heterocycles. The first kappa shape index (κ1) is 11.4. The van der Waals surface area contributed by atoms with Gasteiger partial charge in [-0.1, -0.05) is 17.7 Å². The van der Waals surface area contributed by atoms with E-state index in [4.69, 9.17) is 16.7 Å². The van der Waals surface area contributed by atoms with Crippen molar-refractivity contribution in [1.29, 1.82) is 0 Å². The maximum Gasteiger partial charge on any atom is 0.245 e. The first-order chi connectivity index (χ1) is 7.63. The number of hydrogen-bond donors (Lipinski definition) is 1. The van der Waals surface area contributed by atoms with Gasteiger partial charge in [0.15, 0.2) is 0 Å². The zero-order valence-electron chi connectivity index (χ0n) is 9.06. The fraction of sp³-hybridized carbons (Fsp3) is 0.417. The second-order valence-corrected chi connectivity index (χ2v) is 4.60. The third-order valence-electron chi connectivity index (χ3n) is 2.91. The molecule has 0 unspecified atom stereocenters. The smallest absolute Gasteiger partial charge is 0.245 e. The zero-order chi connectivity index (χ0) is 11.7. The molecule has 1 aliphatic heterocycles. The average molecular weight is 240 g/mol. The molecule has 1 aliphatic rings. The Morgan fingerprint density at radius 3 is 2.56 bits per heavy atom. The first-order valence-corrected chi connectivity index (χ1v) is 5.70. The number of carbonyl (C=O) groups is 1. The van der Waals surface area contributed by atoms with Crippen LogP contribution >= 0.6 is 11.6 Å². The van der Waals surface area contributed by atoms with Crippen LogP contribution in [0.1, 0.15) is 5.56 Å². The summed E-state index contributed by atoms with van der Waals surface area (Å²) in [6.07, 6.45) is 0. The first-order valence-electron chi connectivity index (χ1n) is 5.26. The van der Waals surface area contributed by atoms with E-state index in [1.54, 1.807) is 4.90 Å². The van der Waals surface area contributed by atoms with Crippen LogP contribution < -0.4 is 4.90 Å². The van der Waals surface area contributed by atoms with Gasteiger partial charge in [0.2, 0.25) is 5.91 Å². The summed E-state index contributed by atoms with van der Waals surface area (Å²) in [4.78, 5) is 13.5. The SMILES string of the molecule is Cc1ccc(N2C[C@H](CO)[C@@H](Cl)C2=O)cc1. The summed E-state index contributed by atoms with van der Waals surface area (Å²) in [6.45, 7) is 2.44. The number of halogens is 1. The number of amides is 1. The van der Waals surface area contributed by atoms with Crippen molar-refractivity contribution in [2.24, 2.45) is 5.92 Å². The highest BCUT2D eigenvalue weighted by Crippen LogP contribution is 2.28.